The summed E-state index contributed by atoms with van der Waals surface area (Å²) < 4.78 is 20.5. The van der Waals surface area contributed by atoms with Gasteiger partial charge in [0.1, 0.15) is 23.0 Å². The number of fused-ring (bicyclic) bond motifs is 13. The van der Waals surface area contributed by atoms with E-state index in [0.717, 1.165) is 95.0 Å². The standard InChI is InChI=1S/C43H25BN4O2/c1-2-12-26(13-3-1)47-42-35(48-34-19-9-7-17-32(34)45-43(47)48)23-22-29-28-14-4-8-18-33(28)46(41(29)42)27-24-38-40-39(25-27)50-37-21-11-6-16-31(37)44(40)30-15-5-10-20-36(30)49-38/h1-25H. The lowest BCUT2D eigenvalue weighted by molar-refractivity contribution is 0.464. The third-order valence-corrected chi connectivity index (χ3v) is 10.5. The molecule has 0 unspecified atom stereocenters. The van der Waals surface area contributed by atoms with Crippen molar-refractivity contribution in [1.82, 2.24) is 18.5 Å². The van der Waals surface area contributed by atoms with E-state index in [1.165, 1.54) is 5.39 Å². The van der Waals surface area contributed by atoms with Crippen LogP contribution in [0.25, 0.3) is 61.0 Å². The van der Waals surface area contributed by atoms with Crippen LogP contribution in [0.5, 0.6) is 23.0 Å². The highest BCUT2D eigenvalue weighted by atomic mass is 16.5. The molecule has 0 saturated heterocycles. The van der Waals surface area contributed by atoms with Gasteiger partial charge in [0.15, 0.2) is 0 Å². The van der Waals surface area contributed by atoms with E-state index in [9.17, 15) is 0 Å². The van der Waals surface area contributed by atoms with Gasteiger partial charge in [-0.1, -0.05) is 84.9 Å². The number of hydrogen-bond donors (Lipinski definition) is 0. The molecule has 2 aliphatic rings. The van der Waals surface area contributed by atoms with Gasteiger partial charge in [-0.05, 0) is 65.5 Å². The minimum Gasteiger partial charge on any atom is -0.458 e. The Bertz CT molecular complexity index is 2990. The molecule has 3 aromatic heterocycles. The molecule has 12 rings (SSSR count). The van der Waals surface area contributed by atoms with Crippen molar-refractivity contribution in [2.75, 3.05) is 0 Å². The zero-order valence-electron chi connectivity index (χ0n) is 26.6. The van der Waals surface area contributed by atoms with E-state index in [4.69, 9.17) is 14.5 Å². The molecule has 0 radical (unpaired) electrons. The van der Waals surface area contributed by atoms with Crippen molar-refractivity contribution in [2.24, 2.45) is 0 Å². The summed E-state index contributed by atoms with van der Waals surface area (Å²) in [7, 11) is 0. The number of ether oxygens (including phenoxy) is 2. The molecule has 50 heavy (non-hydrogen) atoms. The number of imidazole rings is 2. The fourth-order valence-corrected chi connectivity index (χ4v) is 8.53. The Balaban J connectivity index is 1.23. The number of hydrogen-bond acceptors (Lipinski definition) is 3. The van der Waals surface area contributed by atoms with Gasteiger partial charge >= 0.3 is 0 Å². The maximum absolute atomic E-state index is 6.75. The average molecular weight is 641 g/mol. The molecule has 0 spiro atoms. The van der Waals surface area contributed by atoms with Crippen molar-refractivity contribution < 1.29 is 9.47 Å². The molecule has 0 atom stereocenters. The highest BCUT2D eigenvalue weighted by Gasteiger charge is 2.40. The van der Waals surface area contributed by atoms with Gasteiger partial charge in [-0.15, -0.1) is 0 Å². The summed E-state index contributed by atoms with van der Waals surface area (Å²) in [5.74, 6) is 4.25. The SMILES string of the molecule is c1ccc(-n2c3c4c(ccc3n3c5ccccc5nc23)c2ccccc2n4-c2cc3c4c(c2)Oc2ccccc2B4c2ccccc2O3)cc1. The van der Waals surface area contributed by atoms with Gasteiger partial charge in [-0.2, -0.15) is 0 Å². The molecule has 5 heterocycles. The second-order valence-corrected chi connectivity index (χ2v) is 13.2. The lowest BCUT2D eigenvalue weighted by atomic mass is 9.35. The van der Waals surface area contributed by atoms with Gasteiger partial charge in [0.2, 0.25) is 5.78 Å². The van der Waals surface area contributed by atoms with Crippen LogP contribution in [0.1, 0.15) is 0 Å². The first kappa shape index (κ1) is 26.3. The van der Waals surface area contributed by atoms with Crippen LogP contribution in [0.4, 0.5) is 0 Å². The van der Waals surface area contributed by atoms with Crippen molar-refractivity contribution in [3.05, 3.63) is 152 Å². The highest BCUT2D eigenvalue weighted by Crippen LogP contribution is 2.42. The zero-order valence-corrected chi connectivity index (χ0v) is 26.6. The van der Waals surface area contributed by atoms with Crippen molar-refractivity contribution in [1.29, 1.82) is 0 Å². The fourth-order valence-electron chi connectivity index (χ4n) is 8.53. The summed E-state index contributed by atoms with van der Waals surface area (Å²) in [6.07, 6.45) is 0. The lowest BCUT2D eigenvalue weighted by Crippen LogP contribution is -2.57. The first-order chi connectivity index (χ1) is 24.8. The molecule has 6 nitrogen and oxygen atoms in total. The van der Waals surface area contributed by atoms with Crippen molar-refractivity contribution in [3.63, 3.8) is 0 Å². The van der Waals surface area contributed by atoms with E-state index in [0.29, 0.717) is 0 Å². The minimum atomic E-state index is 0.0187. The van der Waals surface area contributed by atoms with Gasteiger partial charge in [-0.25, -0.2) is 4.98 Å². The Morgan fingerprint density at radius 2 is 1.10 bits per heavy atom. The number of nitrogens with zero attached hydrogens (tertiary/aromatic N) is 4. The largest absolute Gasteiger partial charge is 0.458 e. The maximum Gasteiger partial charge on any atom is 0.260 e. The second kappa shape index (κ2) is 9.46. The van der Waals surface area contributed by atoms with Gasteiger partial charge < -0.3 is 14.0 Å². The lowest BCUT2D eigenvalue weighted by Gasteiger charge is -2.33. The van der Waals surface area contributed by atoms with E-state index in [1.54, 1.807) is 0 Å². The van der Waals surface area contributed by atoms with Gasteiger partial charge in [0.05, 0.1) is 38.8 Å². The molecule has 0 bridgehead atoms. The Morgan fingerprint density at radius 3 is 1.86 bits per heavy atom. The third kappa shape index (κ3) is 3.31. The predicted molar refractivity (Wildman–Crippen MR) is 202 cm³/mol. The van der Waals surface area contributed by atoms with E-state index < -0.39 is 0 Å². The molecular formula is C43H25BN4O2. The average Bonchev–Trinajstić information content (AvgIpc) is 3.82. The van der Waals surface area contributed by atoms with Crippen LogP contribution in [0, 0.1) is 0 Å². The van der Waals surface area contributed by atoms with Gasteiger partial charge in [-0.3, -0.25) is 8.97 Å². The molecule has 0 N–H and O–H groups in total. The van der Waals surface area contributed by atoms with Crippen molar-refractivity contribution in [3.8, 4) is 34.4 Å². The first-order valence-corrected chi connectivity index (χ1v) is 16.9. The number of benzene rings is 7. The summed E-state index contributed by atoms with van der Waals surface area (Å²) >= 11 is 0. The van der Waals surface area contributed by atoms with Crippen LogP contribution in [-0.2, 0) is 0 Å². The van der Waals surface area contributed by atoms with Crippen LogP contribution < -0.4 is 25.9 Å². The molecule has 2 aliphatic heterocycles. The number of aromatic nitrogens is 4. The topological polar surface area (TPSA) is 45.6 Å². The zero-order chi connectivity index (χ0) is 32.5. The molecule has 0 fully saturated rings. The fraction of sp³-hybridized carbons (Fsp3) is 0. The second-order valence-electron chi connectivity index (χ2n) is 13.2. The predicted octanol–water partition coefficient (Wildman–Crippen LogP) is 8.26. The molecule has 7 aromatic carbocycles. The van der Waals surface area contributed by atoms with Crippen molar-refractivity contribution >= 4 is 72.8 Å². The molecule has 0 saturated carbocycles. The van der Waals surface area contributed by atoms with Crippen LogP contribution in [0.15, 0.2) is 152 Å². The summed E-state index contributed by atoms with van der Waals surface area (Å²) in [5, 5.41) is 2.34. The normalized spacial score (nSPS) is 13.1. The summed E-state index contributed by atoms with van der Waals surface area (Å²) in [4.78, 5) is 5.21. The first-order valence-electron chi connectivity index (χ1n) is 16.9. The quantitative estimate of drug-likeness (QED) is 0.179. The summed E-state index contributed by atoms with van der Waals surface area (Å²) in [6, 6.07) is 53.2. The Kier molecular flexibility index (Phi) is 4.96. The molecule has 10 aromatic rings. The Hall–Kier alpha value is -6.73. The molecule has 7 heteroatoms. The van der Waals surface area contributed by atoms with Gasteiger partial charge in [0, 0.05) is 34.1 Å². The third-order valence-electron chi connectivity index (χ3n) is 10.5. The maximum atomic E-state index is 6.75. The van der Waals surface area contributed by atoms with E-state index in [1.807, 2.05) is 18.2 Å². The summed E-state index contributed by atoms with van der Waals surface area (Å²) in [6.45, 7) is 0.0187. The number of para-hydroxylation sites is 6. The van der Waals surface area contributed by atoms with E-state index in [-0.39, 0.29) is 6.71 Å². The van der Waals surface area contributed by atoms with E-state index >= 15 is 0 Å². The Morgan fingerprint density at radius 1 is 0.460 bits per heavy atom. The molecular weight excluding hydrogens is 615 g/mol. The monoisotopic (exact) mass is 640 g/mol. The number of rotatable bonds is 2. The molecule has 0 amide bonds. The Labute approximate surface area is 286 Å². The van der Waals surface area contributed by atoms with Crippen LogP contribution in [-0.4, -0.2) is 25.2 Å². The smallest absolute Gasteiger partial charge is 0.260 e. The van der Waals surface area contributed by atoms with Crippen LogP contribution >= 0.6 is 0 Å². The van der Waals surface area contributed by atoms with Gasteiger partial charge in [0.25, 0.3) is 6.71 Å². The highest BCUT2D eigenvalue weighted by molar-refractivity contribution is 6.98. The van der Waals surface area contributed by atoms with Crippen LogP contribution in [0.3, 0.4) is 0 Å². The van der Waals surface area contributed by atoms with Crippen molar-refractivity contribution in [2.45, 2.75) is 0 Å². The summed E-state index contributed by atoms with van der Waals surface area (Å²) in [5.41, 5.74) is 11.8. The molecule has 232 valence electrons. The van der Waals surface area contributed by atoms with Crippen LogP contribution in [0.2, 0.25) is 0 Å². The minimum absolute atomic E-state index is 0.0187. The molecule has 0 aliphatic carbocycles. The van der Waals surface area contributed by atoms with E-state index in [2.05, 4.69) is 147 Å².